The van der Waals surface area contributed by atoms with E-state index < -0.39 is 55.1 Å². The second-order valence-corrected chi connectivity index (χ2v) is 5.18. The monoisotopic (exact) mass is 431 g/mol. The molecule has 0 atom stereocenters. The minimum absolute atomic E-state index is 0.257. The van der Waals surface area contributed by atoms with Gasteiger partial charge in [0.2, 0.25) is 5.69 Å². The van der Waals surface area contributed by atoms with Crippen LogP contribution < -0.4 is 0 Å². The van der Waals surface area contributed by atoms with Gasteiger partial charge in [0.25, 0.3) is 0 Å². The molecule has 0 aromatic heterocycles. The summed E-state index contributed by atoms with van der Waals surface area (Å²) in [5.74, 6) is -5.43. The van der Waals surface area contributed by atoms with E-state index in [0.717, 1.165) is 0 Å². The molecule has 0 spiro atoms. The summed E-state index contributed by atoms with van der Waals surface area (Å²) >= 11 is 8.95. The Morgan fingerprint density at radius 2 is 1.35 bits per heavy atom. The number of hydrogen-bond donors (Lipinski definition) is 0. The van der Waals surface area contributed by atoms with Crippen LogP contribution in [-0.2, 0) is 6.18 Å². The van der Waals surface area contributed by atoms with E-state index in [1.807, 2.05) is 0 Å². The first-order valence-electron chi connectivity index (χ1n) is 5.73. The first kappa shape index (κ1) is 21.8. The normalized spacial score (nSPS) is 13.7. The van der Waals surface area contributed by atoms with Gasteiger partial charge in [-0.2, -0.15) is 30.7 Å². The van der Waals surface area contributed by atoms with Gasteiger partial charge in [-0.3, -0.25) is 20.2 Å². The smallest absolute Gasteiger partial charge is 0.258 e. The number of hydrogen-bond acceptors (Lipinski definition) is 5. The lowest BCUT2D eigenvalue weighted by molar-refractivity contribution is -0.392. The van der Waals surface area contributed by atoms with Gasteiger partial charge in [-0.15, -0.1) is 0 Å². The molecule has 0 N–H and O–H groups in total. The third-order valence-electron chi connectivity index (χ3n) is 2.62. The van der Waals surface area contributed by atoms with E-state index in [2.05, 4.69) is 16.6 Å². The molecule has 0 aliphatic heterocycles. The van der Waals surface area contributed by atoms with E-state index in [9.17, 15) is 51.0 Å². The predicted molar refractivity (Wildman–Crippen MR) is 73.4 cm³/mol. The fourth-order valence-corrected chi connectivity index (χ4v) is 1.79. The summed E-state index contributed by atoms with van der Waals surface area (Å²) in [5, 5.41) is 13.9. The van der Waals surface area contributed by atoms with Crippen molar-refractivity contribution < 1.29 is 40.6 Å². The topological polar surface area (TPSA) is 98.6 Å². The molecular formula is C10H2Cl2F7N3O4. The highest BCUT2D eigenvalue weighted by atomic mass is 35.5. The molecule has 0 saturated carbocycles. The Labute approximate surface area is 147 Å². The van der Waals surface area contributed by atoms with E-state index in [4.69, 9.17) is 11.6 Å². The lowest BCUT2D eigenvalue weighted by Crippen LogP contribution is -2.40. The van der Waals surface area contributed by atoms with Crippen molar-refractivity contribution in [3.05, 3.63) is 37.9 Å². The van der Waals surface area contributed by atoms with Gasteiger partial charge in [0.05, 0.1) is 15.4 Å². The van der Waals surface area contributed by atoms with E-state index in [1.54, 1.807) is 0 Å². The van der Waals surface area contributed by atoms with Crippen molar-refractivity contribution in [2.75, 3.05) is 0 Å². The molecule has 0 amide bonds. The zero-order valence-electron chi connectivity index (χ0n) is 11.5. The summed E-state index contributed by atoms with van der Waals surface area (Å²) in [5.41, 5.74) is -7.10. The molecule has 0 saturated heterocycles. The Morgan fingerprint density at radius 3 is 1.62 bits per heavy atom. The molecule has 1 rings (SSSR count). The van der Waals surface area contributed by atoms with Crippen LogP contribution in [0.15, 0.2) is 17.1 Å². The molecule has 26 heavy (non-hydrogen) atoms. The van der Waals surface area contributed by atoms with Crippen LogP contribution >= 0.6 is 23.2 Å². The maximum absolute atomic E-state index is 13.3. The summed E-state index contributed by atoms with van der Waals surface area (Å²) in [7, 11) is 0. The van der Waals surface area contributed by atoms with Crippen molar-refractivity contribution in [2.24, 2.45) is 4.99 Å². The summed E-state index contributed by atoms with van der Waals surface area (Å²) < 4.78 is 89.8. The second kappa shape index (κ2) is 6.83. The molecule has 0 bridgehead atoms. The van der Waals surface area contributed by atoms with Crippen LogP contribution in [0.2, 0.25) is 0 Å². The third kappa shape index (κ3) is 4.30. The molecule has 0 fully saturated rings. The Morgan fingerprint density at radius 1 is 0.962 bits per heavy atom. The van der Waals surface area contributed by atoms with E-state index in [1.165, 1.54) is 0 Å². The molecule has 7 nitrogen and oxygen atoms in total. The zero-order chi connectivity index (χ0) is 20.7. The van der Waals surface area contributed by atoms with Crippen molar-refractivity contribution in [2.45, 2.75) is 17.5 Å². The Kier molecular flexibility index (Phi) is 5.73. The molecule has 144 valence electrons. The number of alkyl halides is 8. The first-order chi connectivity index (χ1) is 11.5. The minimum atomic E-state index is -5.43. The van der Waals surface area contributed by atoms with Gasteiger partial charge >= 0.3 is 28.9 Å². The summed E-state index contributed by atoms with van der Waals surface area (Å²) in [6.07, 6.45) is -5.28. The number of benzene rings is 1. The van der Waals surface area contributed by atoms with Gasteiger partial charge in [-0.25, -0.2) is 4.99 Å². The summed E-state index contributed by atoms with van der Waals surface area (Å²) in [6, 6.07) is -0.514. The Hall–Kier alpha value is -2.22. The number of rotatable bonds is 5. The van der Waals surface area contributed by atoms with Crippen molar-refractivity contribution in [1.29, 1.82) is 0 Å². The fraction of sp³-hybridized carbons (Fsp3) is 0.300. The van der Waals surface area contributed by atoms with Crippen LogP contribution in [0.3, 0.4) is 0 Å². The quantitative estimate of drug-likeness (QED) is 0.209. The molecule has 1 aromatic rings. The molecule has 0 unspecified atom stereocenters. The fourth-order valence-electron chi connectivity index (χ4n) is 1.45. The number of halogens is 9. The third-order valence-corrected chi connectivity index (χ3v) is 3.17. The Bertz CT molecular complexity index is 757. The maximum Gasteiger partial charge on any atom is 0.416 e. The van der Waals surface area contributed by atoms with Gasteiger partial charge in [-0.1, -0.05) is 11.6 Å². The standard InChI is InChI=1S/C10H2Cl2F7N3O4/c11-7(8(13,14)10(12,18)19)20-6-4(21(23)24)1-3(9(15,16)17)2-5(6)22(25)26/h1-2H/b20-7-. The molecule has 0 radical (unpaired) electrons. The SMILES string of the molecule is O=[N+]([O-])c1cc(C(F)(F)F)cc([N+](=O)[O-])c1/N=C(\Cl)C(F)(F)C(F)(F)Cl. The van der Waals surface area contributed by atoms with Crippen molar-refractivity contribution in [3.63, 3.8) is 0 Å². The Balaban J connectivity index is 3.83. The molecule has 0 aliphatic carbocycles. The molecule has 0 aliphatic rings. The van der Waals surface area contributed by atoms with Gasteiger partial charge in [0.15, 0.2) is 5.17 Å². The number of nitrogens with zero attached hydrogens (tertiary/aromatic N) is 3. The van der Waals surface area contributed by atoms with E-state index in [0.29, 0.717) is 0 Å². The molecule has 0 heterocycles. The highest BCUT2D eigenvalue weighted by Gasteiger charge is 2.59. The summed E-state index contributed by atoms with van der Waals surface area (Å²) in [4.78, 5) is 20.9. The zero-order valence-corrected chi connectivity index (χ0v) is 13.0. The summed E-state index contributed by atoms with van der Waals surface area (Å²) in [6.45, 7) is 0. The van der Waals surface area contributed by atoms with Crippen LogP contribution in [0.1, 0.15) is 5.56 Å². The first-order valence-corrected chi connectivity index (χ1v) is 6.49. The van der Waals surface area contributed by atoms with E-state index >= 15 is 0 Å². The number of nitro groups is 2. The highest BCUT2D eigenvalue weighted by Crippen LogP contribution is 2.45. The molecule has 16 heteroatoms. The van der Waals surface area contributed by atoms with Crippen molar-refractivity contribution >= 4 is 45.4 Å². The van der Waals surface area contributed by atoms with Gasteiger partial charge in [0.1, 0.15) is 0 Å². The molecule has 1 aromatic carbocycles. The maximum atomic E-state index is 13.3. The second-order valence-electron chi connectivity index (χ2n) is 4.35. The number of aliphatic imine (C=N–C) groups is 1. The van der Waals surface area contributed by atoms with Crippen LogP contribution in [0.4, 0.5) is 47.8 Å². The lowest BCUT2D eigenvalue weighted by Gasteiger charge is -2.19. The lowest BCUT2D eigenvalue weighted by atomic mass is 10.1. The van der Waals surface area contributed by atoms with Crippen molar-refractivity contribution in [1.82, 2.24) is 0 Å². The van der Waals surface area contributed by atoms with Crippen LogP contribution in [0, 0.1) is 20.2 Å². The van der Waals surface area contributed by atoms with E-state index in [-0.39, 0.29) is 12.1 Å². The largest absolute Gasteiger partial charge is 0.416 e. The highest BCUT2D eigenvalue weighted by molar-refractivity contribution is 6.68. The average molecular weight is 432 g/mol. The van der Waals surface area contributed by atoms with Gasteiger partial charge in [-0.05, 0) is 11.6 Å². The van der Waals surface area contributed by atoms with Gasteiger partial charge in [0, 0.05) is 12.1 Å². The number of nitro benzene ring substituents is 2. The van der Waals surface area contributed by atoms with Crippen LogP contribution in [0.5, 0.6) is 0 Å². The predicted octanol–water partition coefficient (Wildman–Crippen LogP) is 5.26. The van der Waals surface area contributed by atoms with Crippen LogP contribution in [-0.4, -0.2) is 26.3 Å². The van der Waals surface area contributed by atoms with Crippen LogP contribution in [0.25, 0.3) is 0 Å². The average Bonchev–Trinajstić information content (AvgIpc) is 2.44. The van der Waals surface area contributed by atoms with Gasteiger partial charge < -0.3 is 0 Å². The van der Waals surface area contributed by atoms with Crippen molar-refractivity contribution in [3.8, 4) is 0 Å². The minimum Gasteiger partial charge on any atom is -0.258 e. The molecular weight excluding hydrogens is 430 g/mol.